The molecule has 1 N–H and O–H groups in total. The summed E-state index contributed by atoms with van der Waals surface area (Å²) in [6.45, 7) is 4.09. The quantitative estimate of drug-likeness (QED) is 0.367. The molecule has 9 heteroatoms. The first-order valence-corrected chi connectivity index (χ1v) is 7.73. The minimum atomic E-state index is -3.53. The number of esters is 2. The summed E-state index contributed by atoms with van der Waals surface area (Å²) in [6, 6.07) is 0. The Morgan fingerprint density at radius 2 is 1.40 bits per heavy atom. The van der Waals surface area contributed by atoms with Gasteiger partial charge in [-0.2, -0.15) is 8.42 Å². The van der Waals surface area contributed by atoms with E-state index in [1.54, 1.807) is 0 Å². The van der Waals surface area contributed by atoms with Crippen LogP contribution in [0, 0.1) is 0 Å². The topological polar surface area (TPSA) is 100 Å². The number of carbonyl (C=O) groups excluding carboxylic acids is 2. The Morgan fingerprint density at radius 1 is 0.950 bits per heavy atom. The van der Waals surface area contributed by atoms with Crippen LogP contribution in [0.15, 0.2) is 0 Å². The number of quaternary nitrogens is 1. The van der Waals surface area contributed by atoms with Crippen molar-refractivity contribution in [1.82, 2.24) is 0 Å². The number of hydrogen-bond donors (Lipinski definition) is 1. The van der Waals surface area contributed by atoms with Gasteiger partial charge in [0.25, 0.3) is 10.1 Å². The molecule has 8 nitrogen and oxygen atoms in total. The fraction of sp³-hybridized carbons (Fsp3) is 0.818. The third-order valence-electron chi connectivity index (χ3n) is 2.48. The fourth-order valence-corrected chi connectivity index (χ4v) is 2.11. The molecule has 0 atom stereocenters. The second-order valence-corrected chi connectivity index (χ2v) is 5.97. The highest BCUT2D eigenvalue weighted by atomic mass is 32.2. The summed E-state index contributed by atoms with van der Waals surface area (Å²) in [7, 11) is -2.43. The first-order chi connectivity index (χ1) is 9.26. The molecule has 0 aromatic rings. The molecule has 20 heavy (non-hydrogen) atoms. The van der Waals surface area contributed by atoms with E-state index in [1.165, 1.54) is 13.8 Å². The van der Waals surface area contributed by atoms with Crippen molar-refractivity contribution in [2.75, 3.05) is 45.7 Å². The van der Waals surface area contributed by atoms with Gasteiger partial charge in [0.05, 0.1) is 13.7 Å². The molecule has 0 saturated heterocycles. The van der Waals surface area contributed by atoms with Crippen molar-refractivity contribution in [2.45, 2.75) is 13.8 Å². The van der Waals surface area contributed by atoms with Gasteiger partial charge in [-0.15, -0.1) is 0 Å². The largest absolute Gasteiger partial charge is 0.460 e. The average Bonchev–Trinajstić information content (AvgIpc) is 2.34. The molecule has 0 heterocycles. The molecule has 0 saturated carbocycles. The number of ether oxygens (including phenoxy) is 2. The van der Waals surface area contributed by atoms with Crippen LogP contribution >= 0.6 is 0 Å². The van der Waals surface area contributed by atoms with Crippen molar-refractivity contribution in [1.29, 1.82) is 0 Å². The first-order valence-electron chi connectivity index (χ1n) is 6.15. The maximum Gasteiger partial charge on any atom is 0.302 e. The van der Waals surface area contributed by atoms with E-state index in [2.05, 4.69) is 4.18 Å². The van der Waals surface area contributed by atoms with Crippen LogP contribution in [-0.2, 0) is 33.4 Å². The van der Waals surface area contributed by atoms with Crippen molar-refractivity contribution >= 4 is 22.1 Å². The minimum absolute atomic E-state index is 0.154. The van der Waals surface area contributed by atoms with Crippen molar-refractivity contribution in [3.63, 3.8) is 0 Å². The summed E-state index contributed by atoms with van der Waals surface area (Å²) >= 11 is 0. The van der Waals surface area contributed by atoms with Gasteiger partial charge < -0.3 is 14.4 Å². The Bertz CT molecular complexity index is 387. The summed E-state index contributed by atoms with van der Waals surface area (Å²) in [5, 5.41) is 0. The third-order valence-corrected chi connectivity index (χ3v) is 3.69. The molecular formula is C11H22NO7S+. The van der Waals surface area contributed by atoms with Gasteiger partial charge in [-0.25, -0.2) is 0 Å². The first kappa shape index (κ1) is 18.8. The molecule has 0 fully saturated rings. The van der Waals surface area contributed by atoms with E-state index < -0.39 is 22.1 Å². The van der Waals surface area contributed by atoms with Gasteiger partial charge in [0.1, 0.15) is 32.1 Å². The highest BCUT2D eigenvalue weighted by Crippen LogP contribution is 1.86. The van der Waals surface area contributed by atoms with Crippen LogP contribution in [0.3, 0.4) is 0 Å². The molecule has 0 aromatic carbocycles. The molecular weight excluding hydrogens is 290 g/mol. The smallest absolute Gasteiger partial charge is 0.302 e. The zero-order chi connectivity index (χ0) is 15.6. The molecule has 0 spiro atoms. The summed E-state index contributed by atoms with van der Waals surface area (Å²) in [5.74, 6) is -0.943. The standard InChI is InChI=1S/C11H21NO7S/c1-10(13)18-7-4-12(5-8-19-11(2)14)6-9-20(15,16)17-3/h4-9H2,1-3H3/p+1. The lowest BCUT2D eigenvalue weighted by Crippen LogP contribution is -3.13. The van der Waals surface area contributed by atoms with Crippen LogP contribution in [0.2, 0.25) is 0 Å². The molecule has 0 bridgehead atoms. The highest BCUT2D eigenvalue weighted by molar-refractivity contribution is 7.86. The maximum absolute atomic E-state index is 11.3. The van der Waals surface area contributed by atoms with Gasteiger partial charge in [-0.05, 0) is 0 Å². The van der Waals surface area contributed by atoms with Crippen LogP contribution < -0.4 is 4.90 Å². The van der Waals surface area contributed by atoms with Crippen molar-refractivity contribution in [3.8, 4) is 0 Å². The number of nitrogens with one attached hydrogen (secondary N) is 1. The van der Waals surface area contributed by atoms with E-state index in [9.17, 15) is 18.0 Å². The van der Waals surface area contributed by atoms with Gasteiger partial charge in [0.15, 0.2) is 0 Å². The molecule has 0 radical (unpaired) electrons. The molecule has 0 aliphatic carbocycles. The Hall–Kier alpha value is -1.19. The molecule has 0 aliphatic heterocycles. The van der Waals surface area contributed by atoms with Crippen LogP contribution in [0.1, 0.15) is 13.8 Å². The lowest BCUT2D eigenvalue weighted by molar-refractivity contribution is -0.898. The lowest BCUT2D eigenvalue weighted by atomic mass is 10.4. The van der Waals surface area contributed by atoms with Crippen molar-refractivity contribution in [2.24, 2.45) is 0 Å². The van der Waals surface area contributed by atoms with Gasteiger partial charge in [0, 0.05) is 13.8 Å². The van der Waals surface area contributed by atoms with Crippen LogP contribution in [0.4, 0.5) is 0 Å². The Kier molecular flexibility index (Phi) is 9.10. The number of carbonyl (C=O) groups is 2. The monoisotopic (exact) mass is 312 g/mol. The van der Waals surface area contributed by atoms with Gasteiger partial charge in [-0.1, -0.05) is 0 Å². The summed E-state index contributed by atoms with van der Waals surface area (Å²) in [5.41, 5.74) is 0. The van der Waals surface area contributed by atoms with Gasteiger partial charge in [0.2, 0.25) is 0 Å². The second-order valence-electron chi connectivity index (χ2n) is 4.11. The van der Waals surface area contributed by atoms with Crippen LogP contribution in [-0.4, -0.2) is 66.1 Å². The van der Waals surface area contributed by atoms with Crippen LogP contribution in [0.25, 0.3) is 0 Å². The minimum Gasteiger partial charge on any atom is -0.460 e. The molecule has 0 amide bonds. The van der Waals surface area contributed by atoms with E-state index in [4.69, 9.17) is 9.47 Å². The Morgan fingerprint density at radius 3 is 1.75 bits per heavy atom. The third kappa shape index (κ3) is 10.7. The number of hydrogen-bond acceptors (Lipinski definition) is 7. The molecule has 118 valence electrons. The zero-order valence-electron chi connectivity index (χ0n) is 12.0. The summed E-state index contributed by atoms with van der Waals surface area (Å²) in [6.07, 6.45) is 0. The van der Waals surface area contributed by atoms with E-state index in [0.717, 1.165) is 12.0 Å². The Balaban J connectivity index is 4.23. The second kappa shape index (κ2) is 9.67. The summed E-state index contributed by atoms with van der Waals surface area (Å²) < 4.78 is 36.5. The number of rotatable bonds is 10. The average molecular weight is 312 g/mol. The highest BCUT2D eigenvalue weighted by Gasteiger charge is 2.16. The van der Waals surface area contributed by atoms with E-state index in [-0.39, 0.29) is 25.5 Å². The summed E-state index contributed by atoms with van der Waals surface area (Å²) in [4.78, 5) is 22.2. The van der Waals surface area contributed by atoms with E-state index in [0.29, 0.717) is 13.1 Å². The zero-order valence-corrected chi connectivity index (χ0v) is 12.8. The van der Waals surface area contributed by atoms with Gasteiger partial charge >= 0.3 is 11.9 Å². The normalized spacial score (nSPS) is 11.4. The molecule has 0 aromatic heterocycles. The molecule has 0 rings (SSSR count). The van der Waals surface area contributed by atoms with Crippen molar-refractivity contribution < 1.29 is 36.6 Å². The van der Waals surface area contributed by atoms with E-state index in [1.807, 2.05) is 0 Å². The Labute approximate surface area is 119 Å². The fourth-order valence-electron chi connectivity index (χ4n) is 1.41. The predicted octanol–water partition coefficient (Wildman–Crippen LogP) is -2.03. The van der Waals surface area contributed by atoms with E-state index >= 15 is 0 Å². The lowest BCUT2D eigenvalue weighted by Gasteiger charge is -2.18. The molecule has 0 unspecified atom stereocenters. The molecule has 0 aliphatic rings. The van der Waals surface area contributed by atoms with Gasteiger partial charge in [-0.3, -0.25) is 13.8 Å². The van der Waals surface area contributed by atoms with Crippen molar-refractivity contribution in [3.05, 3.63) is 0 Å². The maximum atomic E-state index is 11.3. The van der Waals surface area contributed by atoms with Crippen LogP contribution in [0.5, 0.6) is 0 Å². The predicted molar refractivity (Wildman–Crippen MR) is 69.6 cm³/mol. The SMILES string of the molecule is COS(=O)(=O)CC[NH+](CCOC(C)=O)CCOC(C)=O.